The van der Waals surface area contributed by atoms with Crippen LogP contribution in [0.1, 0.15) is 10.5 Å². The van der Waals surface area contributed by atoms with Crippen LogP contribution in [0.2, 0.25) is 5.15 Å². The summed E-state index contributed by atoms with van der Waals surface area (Å²) < 4.78 is 0. The Balaban J connectivity index is 3.28. The average molecular weight is 176 g/mol. The number of H-pyrrole nitrogens is 1. The first kappa shape index (κ1) is 7.67. The molecule has 0 aliphatic carbocycles. The summed E-state index contributed by atoms with van der Waals surface area (Å²) in [6, 6.07) is 0. The Hall–Kier alpha value is -1.43. The van der Waals surface area contributed by atoms with Crippen molar-refractivity contribution in [3.63, 3.8) is 0 Å². The first-order chi connectivity index (χ1) is 5.16. The van der Waals surface area contributed by atoms with Crippen LogP contribution in [0.3, 0.4) is 0 Å². The molecule has 0 aliphatic rings. The van der Waals surface area contributed by atoms with Crippen LogP contribution in [0.15, 0.2) is 0 Å². The summed E-state index contributed by atoms with van der Waals surface area (Å²) in [6.45, 7) is 0. The summed E-state index contributed by atoms with van der Waals surface area (Å²) >= 11 is 5.30. The lowest BCUT2D eigenvalue weighted by Crippen LogP contribution is -1.91. The molecule has 0 bridgehead atoms. The number of carbonyl (C=O) groups is 1. The van der Waals surface area contributed by atoms with E-state index < -0.39 is 10.6 Å². The standard InChI is InChI=1S/C4H2ClN3O3/c5-4-3(8(10)11)2(1-9)6-7-4/h1H,(H,6,7). The Morgan fingerprint density at radius 1 is 1.73 bits per heavy atom. The molecule has 1 rings (SSSR count). The van der Waals surface area contributed by atoms with Gasteiger partial charge in [-0.05, 0) is 0 Å². The maximum absolute atomic E-state index is 10.2. The van der Waals surface area contributed by atoms with Gasteiger partial charge in [-0.2, -0.15) is 5.10 Å². The van der Waals surface area contributed by atoms with Gasteiger partial charge in [0, 0.05) is 0 Å². The van der Waals surface area contributed by atoms with Crippen molar-refractivity contribution in [2.45, 2.75) is 0 Å². The fourth-order valence-electron chi connectivity index (χ4n) is 0.583. The molecule has 11 heavy (non-hydrogen) atoms. The molecule has 0 radical (unpaired) electrons. The van der Waals surface area contributed by atoms with Crippen LogP contribution in [0.5, 0.6) is 0 Å². The number of nitrogens with one attached hydrogen (secondary N) is 1. The molecule has 0 aromatic carbocycles. The number of aromatic amines is 1. The molecule has 0 unspecified atom stereocenters. The largest absolute Gasteiger partial charge is 0.336 e. The molecule has 1 aromatic rings. The zero-order valence-corrected chi connectivity index (χ0v) is 5.83. The number of hydrogen-bond acceptors (Lipinski definition) is 4. The summed E-state index contributed by atoms with van der Waals surface area (Å²) in [5.74, 6) is 0. The summed E-state index contributed by atoms with van der Waals surface area (Å²) in [5.41, 5.74) is -0.776. The second-order valence-electron chi connectivity index (χ2n) is 1.65. The molecular weight excluding hydrogens is 174 g/mol. The van der Waals surface area contributed by atoms with Gasteiger partial charge in [0.2, 0.25) is 10.8 Å². The van der Waals surface area contributed by atoms with Crippen molar-refractivity contribution < 1.29 is 9.72 Å². The van der Waals surface area contributed by atoms with Crippen molar-refractivity contribution in [3.8, 4) is 0 Å². The predicted octanol–water partition coefficient (Wildman–Crippen LogP) is 0.784. The van der Waals surface area contributed by atoms with E-state index in [1.54, 1.807) is 0 Å². The molecule has 0 saturated heterocycles. The number of aldehydes is 1. The van der Waals surface area contributed by atoms with Crippen molar-refractivity contribution in [3.05, 3.63) is 21.0 Å². The van der Waals surface area contributed by atoms with Crippen molar-refractivity contribution >= 4 is 23.6 Å². The SMILES string of the molecule is O=Cc1n[nH]c(Cl)c1[N+](=O)[O-]. The molecule has 1 N–H and O–H groups in total. The monoisotopic (exact) mass is 175 g/mol. The maximum atomic E-state index is 10.2. The maximum Gasteiger partial charge on any atom is 0.336 e. The van der Waals surface area contributed by atoms with Crippen molar-refractivity contribution in [1.82, 2.24) is 10.2 Å². The third-order valence-corrected chi connectivity index (χ3v) is 1.28. The number of hydrogen-bond donors (Lipinski definition) is 1. The van der Waals surface area contributed by atoms with Crippen LogP contribution in [0.4, 0.5) is 5.69 Å². The number of halogens is 1. The van der Waals surface area contributed by atoms with Crippen LogP contribution in [0, 0.1) is 10.1 Å². The Kier molecular flexibility index (Phi) is 1.86. The lowest BCUT2D eigenvalue weighted by atomic mass is 10.4. The van der Waals surface area contributed by atoms with Crippen LogP contribution >= 0.6 is 11.6 Å². The molecule has 6 nitrogen and oxygen atoms in total. The van der Waals surface area contributed by atoms with E-state index in [1.807, 2.05) is 0 Å². The van der Waals surface area contributed by atoms with Gasteiger partial charge in [0.25, 0.3) is 0 Å². The number of aromatic nitrogens is 2. The minimum atomic E-state index is -0.768. The molecule has 1 heterocycles. The third-order valence-electron chi connectivity index (χ3n) is 1.02. The molecular formula is C4H2ClN3O3. The highest BCUT2D eigenvalue weighted by Gasteiger charge is 2.21. The number of rotatable bonds is 2. The second kappa shape index (κ2) is 2.67. The number of nitrogens with zero attached hydrogens (tertiary/aromatic N) is 2. The highest BCUT2D eigenvalue weighted by Crippen LogP contribution is 2.23. The first-order valence-electron chi connectivity index (χ1n) is 2.50. The Morgan fingerprint density at radius 3 is 2.73 bits per heavy atom. The first-order valence-corrected chi connectivity index (χ1v) is 2.88. The van der Waals surface area contributed by atoms with E-state index in [9.17, 15) is 14.9 Å². The zero-order chi connectivity index (χ0) is 8.43. The molecule has 0 saturated carbocycles. The second-order valence-corrected chi connectivity index (χ2v) is 2.02. The molecule has 0 aliphatic heterocycles. The van der Waals surface area contributed by atoms with E-state index in [4.69, 9.17) is 11.6 Å². The van der Waals surface area contributed by atoms with E-state index in [2.05, 4.69) is 10.2 Å². The smallest absolute Gasteiger partial charge is 0.296 e. The van der Waals surface area contributed by atoms with Crippen LogP contribution < -0.4 is 0 Å². The fraction of sp³-hybridized carbons (Fsp3) is 0. The molecule has 7 heteroatoms. The van der Waals surface area contributed by atoms with Crippen molar-refractivity contribution in [1.29, 1.82) is 0 Å². The van der Waals surface area contributed by atoms with E-state index in [0.29, 0.717) is 0 Å². The average Bonchev–Trinajstić information content (AvgIpc) is 2.30. The summed E-state index contributed by atoms with van der Waals surface area (Å²) in [5, 5.41) is 15.3. The van der Waals surface area contributed by atoms with Crippen molar-refractivity contribution in [2.24, 2.45) is 0 Å². The van der Waals surface area contributed by atoms with Gasteiger partial charge in [-0.1, -0.05) is 11.6 Å². The fourth-order valence-corrected chi connectivity index (χ4v) is 0.792. The van der Waals surface area contributed by atoms with Gasteiger partial charge in [0.1, 0.15) is 0 Å². The lowest BCUT2D eigenvalue weighted by Gasteiger charge is -1.83. The highest BCUT2D eigenvalue weighted by atomic mass is 35.5. The van der Waals surface area contributed by atoms with Gasteiger partial charge in [-0.25, -0.2) is 0 Å². The topological polar surface area (TPSA) is 88.9 Å². The Morgan fingerprint density at radius 2 is 2.36 bits per heavy atom. The third kappa shape index (κ3) is 1.20. The molecule has 58 valence electrons. The summed E-state index contributed by atoms with van der Waals surface area (Å²) in [7, 11) is 0. The normalized spacial score (nSPS) is 9.55. The van der Waals surface area contributed by atoms with Gasteiger partial charge in [0.15, 0.2) is 6.29 Å². The van der Waals surface area contributed by atoms with Gasteiger partial charge >= 0.3 is 5.69 Å². The molecule has 0 spiro atoms. The van der Waals surface area contributed by atoms with E-state index in [0.717, 1.165) is 0 Å². The van der Waals surface area contributed by atoms with Crippen molar-refractivity contribution in [2.75, 3.05) is 0 Å². The van der Waals surface area contributed by atoms with Crippen LogP contribution in [0.25, 0.3) is 0 Å². The lowest BCUT2D eigenvalue weighted by molar-refractivity contribution is -0.384. The molecule has 0 amide bonds. The van der Waals surface area contributed by atoms with Gasteiger partial charge in [0.05, 0.1) is 4.92 Å². The minimum absolute atomic E-state index is 0.239. The number of nitro groups is 1. The molecule has 0 fully saturated rings. The summed E-state index contributed by atoms with van der Waals surface area (Å²) in [4.78, 5) is 19.5. The van der Waals surface area contributed by atoms with E-state index >= 15 is 0 Å². The summed E-state index contributed by atoms with van der Waals surface area (Å²) in [6.07, 6.45) is 0.264. The number of carbonyl (C=O) groups excluding carboxylic acids is 1. The highest BCUT2D eigenvalue weighted by molar-refractivity contribution is 6.31. The van der Waals surface area contributed by atoms with Crippen LogP contribution in [-0.2, 0) is 0 Å². The van der Waals surface area contributed by atoms with Gasteiger partial charge in [-0.15, -0.1) is 0 Å². The predicted molar refractivity (Wildman–Crippen MR) is 35.6 cm³/mol. The van der Waals surface area contributed by atoms with Gasteiger partial charge < -0.3 is 0 Å². The van der Waals surface area contributed by atoms with Crippen LogP contribution in [-0.4, -0.2) is 21.4 Å². The molecule has 0 atom stereocenters. The van der Waals surface area contributed by atoms with Gasteiger partial charge in [-0.3, -0.25) is 20.0 Å². The zero-order valence-electron chi connectivity index (χ0n) is 5.07. The Bertz CT molecular complexity index is 308. The Labute approximate surface area is 65.3 Å². The molecule has 1 aromatic heterocycles. The van der Waals surface area contributed by atoms with E-state index in [-0.39, 0.29) is 17.1 Å². The minimum Gasteiger partial charge on any atom is -0.296 e. The quantitative estimate of drug-likeness (QED) is 0.409. The van der Waals surface area contributed by atoms with E-state index in [1.165, 1.54) is 0 Å².